The van der Waals surface area contributed by atoms with Gasteiger partial charge in [-0.3, -0.25) is 4.79 Å². The number of amides is 1. The van der Waals surface area contributed by atoms with E-state index in [4.69, 9.17) is 51.8 Å². The minimum Gasteiger partial charge on any atom is -0.497 e. The lowest BCUT2D eigenvalue weighted by Gasteiger charge is -2.28. The third kappa shape index (κ3) is 6.61. The number of halogens is 3. The lowest BCUT2D eigenvalue weighted by molar-refractivity contribution is -0.121. The van der Waals surface area contributed by atoms with Gasteiger partial charge in [-0.1, -0.05) is 83.3 Å². The molecule has 1 unspecified atom stereocenters. The van der Waals surface area contributed by atoms with Crippen molar-refractivity contribution < 1.29 is 9.53 Å². The van der Waals surface area contributed by atoms with E-state index in [2.05, 4.69) is 16.0 Å². The summed E-state index contributed by atoms with van der Waals surface area (Å²) in [6, 6.07) is 20.8. The zero-order chi connectivity index (χ0) is 22.4. The minimum absolute atomic E-state index is 0.104. The molecule has 3 aromatic carbocycles. The summed E-state index contributed by atoms with van der Waals surface area (Å²) >= 11 is 23.6. The highest BCUT2D eigenvalue weighted by Crippen LogP contribution is 2.29. The predicted molar refractivity (Wildman–Crippen MR) is 132 cm³/mol. The van der Waals surface area contributed by atoms with Gasteiger partial charge in [0.15, 0.2) is 5.11 Å². The molecule has 0 aromatic heterocycles. The average Bonchev–Trinajstić information content (AvgIpc) is 2.73. The van der Waals surface area contributed by atoms with E-state index in [1.54, 1.807) is 31.4 Å². The summed E-state index contributed by atoms with van der Waals surface area (Å²) in [6.45, 7) is 0. The van der Waals surface area contributed by atoms with Crippen LogP contribution in [-0.2, 0) is 11.2 Å². The molecular weight excluding hydrogens is 477 g/mol. The highest BCUT2D eigenvalue weighted by Gasteiger charge is 2.34. The number of anilines is 1. The molecular formula is C22H20Cl3N3O2S. The first-order valence-corrected chi connectivity index (χ1v) is 10.8. The van der Waals surface area contributed by atoms with Gasteiger partial charge >= 0.3 is 0 Å². The number of hydrogen-bond donors (Lipinski definition) is 3. The van der Waals surface area contributed by atoms with E-state index in [9.17, 15) is 4.79 Å². The Kier molecular flexibility index (Phi) is 7.84. The summed E-state index contributed by atoms with van der Waals surface area (Å²) in [5, 5.41) is 10.9. The quantitative estimate of drug-likeness (QED) is 0.249. The fourth-order valence-corrected chi connectivity index (χ4v) is 3.52. The number of rotatable bonds is 6. The van der Waals surface area contributed by atoms with Crippen LogP contribution in [0.15, 0.2) is 66.7 Å². The Balaban J connectivity index is 1.66. The van der Waals surface area contributed by atoms with Crippen molar-refractivity contribution in [3.05, 3.63) is 72.3 Å². The molecule has 3 N–H and O–H groups in total. The summed E-state index contributed by atoms with van der Waals surface area (Å²) < 4.78 is 3.29. The number of fused-ring (bicyclic) bond motifs is 1. The van der Waals surface area contributed by atoms with E-state index < -0.39 is 9.96 Å². The fourth-order valence-electron chi connectivity index (χ4n) is 2.96. The van der Waals surface area contributed by atoms with Crippen LogP contribution in [0, 0.1) is 0 Å². The van der Waals surface area contributed by atoms with Gasteiger partial charge in [-0.25, -0.2) is 0 Å². The monoisotopic (exact) mass is 495 g/mol. The minimum atomic E-state index is -1.83. The van der Waals surface area contributed by atoms with Crippen molar-refractivity contribution in [3.8, 4) is 5.75 Å². The van der Waals surface area contributed by atoms with Crippen molar-refractivity contribution in [1.82, 2.24) is 10.6 Å². The molecule has 3 rings (SSSR count). The summed E-state index contributed by atoms with van der Waals surface area (Å²) in [5.41, 5.74) is 1.58. The topological polar surface area (TPSA) is 62.4 Å². The van der Waals surface area contributed by atoms with E-state index in [1.165, 1.54) is 0 Å². The second kappa shape index (κ2) is 10.4. The lowest BCUT2D eigenvalue weighted by Crippen LogP contribution is -2.56. The van der Waals surface area contributed by atoms with Crippen LogP contribution in [0.25, 0.3) is 10.8 Å². The molecule has 1 amide bonds. The molecule has 1 atom stereocenters. The standard InChI is InChI=1S/C22H20Cl3N3O2S/c1-30-16-11-9-14(10-12-16)13-19(29)27-20(22(23,24)25)28-21(31)26-18-8-4-6-15-5-2-3-7-17(15)18/h2-12,20H,13H2,1H3,(H,27,29)(H2,26,28,31). The van der Waals surface area contributed by atoms with Gasteiger partial charge in [0.1, 0.15) is 11.9 Å². The second-order valence-electron chi connectivity index (χ2n) is 6.69. The maximum atomic E-state index is 12.5. The molecule has 0 aliphatic carbocycles. The number of alkyl halides is 3. The number of methoxy groups -OCH3 is 1. The van der Waals surface area contributed by atoms with Crippen molar-refractivity contribution >= 4 is 74.5 Å². The molecule has 162 valence electrons. The first-order chi connectivity index (χ1) is 14.8. The van der Waals surface area contributed by atoms with E-state index in [0.29, 0.717) is 5.75 Å². The average molecular weight is 497 g/mol. The smallest absolute Gasteiger partial charge is 0.228 e. The maximum Gasteiger partial charge on any atom is 0.228 e. The van der Waals surface area contributed by atoms with Gasteiger partial charge in [0, 0.05) is 11.1 Å². The van der Waals surface area contributed by atoms with E-state index in [-0.39, 0.29) is 17.4 Å². The van der Waals surface area contributed by atoms with Gasteiger partial charge in [0.05, 0.1) is 13.5 Å². The van der Waals surface area contributed by atoms with Crippen LogP contribution in [0.1, 0.15) is 5.56 Å². The van der Waals surface area contributed by atoms with Crippen molar-refractivity contribution in [2.24, 2.45) is 0 Å². The molecule has 0 aliphatic rings. The summed E-state index contributed by atoms with van der Waals surface area (Å²) in [6.07, 6.45) is -0.940. The Bertz CT molecular complexity index is 1070. The first kappa shape index (κ1) is 23.4. The fraction of sp³-hybridized carbons (Fsp3) is 0.182. The highest BCUT2D eigenvalue weighted by atomic mass is 35.6. The molecule has 0 saturated carbocycles. The molecule has 31 heavy (non-hydrogen) atoms. The Morgan fingerprint density at radius 2 is 1.68 bits per heavy atom. The van der Waals surface area contributed by atoms with Gasteiger partial charge in [-0.15, -0.1) is 0 Å². The zero-order valence-corrected chi connectivity index (χ0v) is 19.6. The van der Waals surface area contributed by atoms with Crippen LogP contribution in [0.2, 0.25) is 0 Å². The summed E-state index contributed by atoms with van der Waals surface area (Å²) in [5.74, 6) is 0.372. The maximum absolute atomic E-state index is 12.5. The SMILES string of the molecule is COc1ccc(CC(=O)NC(NC(=S)Nc2cccc3ccccc23)C(Cl)(Cl)Cl)cc1. The third-order valence-electron chi connectivity index (χ3n) is 4.47. The van der Waals surface area contributed by atoms with Crippen LogP contribution in [0.3, 0.4) is 0 Å². The summed E-state index contributed by atoms with van der Waals surface area (Å²) in [7, 11) is 1.58. The number of nitrogens with one attached hydrogen (secondary N) is 3. The number of ether oxygens (including phenoxy) is 1. The van der Waals surface area contributed by atoms with Gasteiger partial charge in [-0.2, -0.15) is 0 Å². The van der Waals surface area contributed by atoms with E-state index in [1.807, 2.05) is 42.5 Å². The number of carbonyl (C=O) groups excluding carboxylic acids is 1. The first-order valence-electron chi connectivity index (χ1n) is 9.30. The largest absolute Gasteiger partial charge is 0.497 e. The molecule has 3 aromatic rings. The molecule has 5 nitrogen and oxygen atoms in total. The number of hydrogen-bond acceptors (Lipinski definition) is 3. The highest BCUT2D eigenvalue weighted by molar-refractivity contribution is 7.80. The van der Waals surface area contributed by atoms with Crippen LogP contribution in [0.5, 0.6) is 5.75 Å². The Morgan fingerprint density at radius 3 is 2.35 bits per heavy atom. The molecule has 0 spiro atoms. The summed E-state index contributed by atoms with van der Waals surface area (Å²) in [4.78, 5) is 12.5. The Hall–Kier alpha value is -2.25. The van der Waals surface area contributed by atoms with Crippen LogP contribution in [-0.4, -0.2) is 28.1 Å². The lowest BCUT2D eigenvalue weighted by atomic mass is 10.1. The number of thiocarbonyl (C=S) groups is 1. The van der Waals surface area contributed by atoms with E-state index in [0.717, 1.165) is 22.0 Å². The van der Waals surface area contributed by atoms with Crippen molar-refractivity contribution in [1.29, 1.82) is 0 Å². The molecule has 0 heterocycles. The van der Waals surface area contributed by atoms with E-state index >= 15 is 0 Å². The predicted octanol–water partition coefficient (Wildman–Crippen LogP) is 5.19. The molecule has 9 heteroatoms. The normalized spacial score (nSPS) is 12.1. The molecule has 0 saturated heterocycles. The van der Waals surface area contributed by atoms with Crippen molar-refractivity contribution in [3.63, 3.8) is 0 Å². The van der Waals surface area contributed by atoms with Crippen LogP contribution < -0.4 is 20.7 Å². The van der Waals surface area contributed by atoms with Crippen LogP contribution in [0.4, 0.5) is 5.69 Å². The molecule has 0 radical (unpaired) electrons. The number of carbonyl (C=O) groups is 1. The molecule has 0 aliphatic heterocycles. The van der Waals surface area contributed by atoms with Crippen molar-refractivity contribution in [2.75, 3.05) is 12.4 Å². The van der Waals surface area contributed by atoms with Gasteiger partial charge in [0.2, 0.25) is 9.70 Å². The molecule has 0 fully saturated rings. The second-order valence-corrected chi connectivity index (χ2v) is 9.47. The Morgan fingerprint density at radius 1 is 1.00 bits per heavy atom. The molecule has 0 bridgehead atoms. The number of benzene rings is 3. The van der Waals surface area contributed by atoms with Crippen molar-refractivity contribution in [2.45, 2.75) is 16.4 Å². The third-order valence-corrected chi connectivity index (χ3v) is 5.34. The van der Waals surface area contributed by atoms with Gasteiger partial charge in [-0.05, 0) is 41.4 Å². The zero-order valence-electron chi connectivity index (χ0n) is 16.5. The van der Waals surface area contributed by atoms with Gasteiger partial charge < -0.3 is 20.7 Å². The Labute approximate surface area is 201 Å². The van der Waals surface area contributed by atoms with Gasteiger partial charge in [0.25, 0.3) is 0 Å². The van der Waals surface area contributed by atoms with Crippen LogP contribution >= 0.6 is 47.0 Å².